The Kier molecular flexibility index (Phi) is 2.23. The normalized spacial score (nSPS) is 29.6. The Morgan fingerprint density at radius 1 is 1.38 bits per heavy atom. The first-order chi connectivity index (χ1) is 6.07. The van der Waals surface area contributed by atoms with Crippen molar-refractivity contribution in [1.82, 2.24) is 4.90 Å². The van der Waals surface area contributed by atoms with E-state index in [1.54, 1.807) is 5.57 Å². The Bertz CT molecular complexity index is 223. The molecule has 0 N–H and O–H groups in total. The first-order valence-corrected chi connectivity index (χ1v) is 5.49. The SMILES string of the molecule is CC1=CC(C)(C)CN(C2CC2)CC1. The molecule has 0 atom stereocenters. The summed E-state index contributed by atoms with van der Waals surface area (Å²) in [5.74, 6) is 0. The molecule has 0 amide bonds. The van der Waals surface area contributed by atoms with Gasteiger partial charge in [0.1, 0.15) is 0 Å². The molecule has 1 aliphatic carbocycles. The maximum atomic E-state index is 2.69. The van der Waals surface area contributed by atoms with Crippen molar-refractivity contribution >= 4 is 0 Å². The predicted octanol–water partition coefficient (Wildman–Crippen LogP) is 2.83. The highest BCUT2D eigenvalue weighted by molar-refractivity contribution is 5.10. The van der Waals surface area contributed by atoms with Gasteiger partial charge in [0.25, 0.3) is 0 Å². The van der Waals surface area contributed by atoms with Crippen LogP contribution in [0.5, 0.6) is 0 Å². The molecule has 1 heterocycles. The van der Waals surface area contributed by atoms with Crippen LogP contribution in [0.15, 0.2) is 11.6 Å². The summed E-state index contributed by atoms with van der Waals surface area (Å²) in [6, 6.07) is 0.929. The second-order valence-corrected chi connectivity index (χ2v) is 5.43. The Morgan fingerprint density at radius 2 is 2.08 bits per heavy atom. The van der Waals surface area contributed by atoms with Crippen LogP contribution >= 0.6 is 0 Å². The summed E-state index contributed by atoms with van der Waals surface area (Å²) in [6.45, 7) is 9.54. The van der Waals surface area contributed by atoms with E-state index in [0.717, 1.165) is 6.04 Å². The quantitative estimate of drug-likeness (QED) is 0.559. The van der Waals surface area contributed by atoms with E-state index in [2.05, 4.69) is 31.7 Å². The third kappa shape index (κ3) is 2.34. The third-order valence-electron chi connectivity index (χ3n) is 3.10. The minimum absolute atomic E-state index is 0.392. The van der Waals surface area contributed by atoms with Gasteiger partial charge >= 0.3 is 0 Å². The van der Waals surface area contributed by atoms with Gasteiger partial charge in [-0.15, -0.1) is 0 Å². The summed E-state index contributed by atoms with van der Waals surface area (Å²) < 4.78 is 0. The van der Waals surface area contributed by atoms with Crippen molar-refractivity contribution in [3.63, 3.8) is 0 Å². The molecule has 1 nitrogen and oxygen atoms in total. The molecule has 0 aromatic heterocycles. The lowest BCUT2D eigenvalue weighted by molar-refractivity contribution is 0.211. The lowest BCUT2D eigenvalue weighted by Crippen LogP contribution is -2.34. The standard InChI is InChI=1S/C12H21N/c1-10-6-7-13(11-4-5-11)9-12(2,3)8-10/h8,11H,4-7,9H2,1-3H3. The molecule has 0 bridgehead atoms. The van der Waals surface area contributed by atoms with Gasteiger partial charge in [-0.1, -0.05) is 25.5 Å². The lowest BCUT2D eigenvalue weighted by Gasteiger charge is -2.28. The van der Waals surface area contributed by atoms with Crippen LogP contribution in [-0.2, 0) is 0 Å². The zero-order chi connectivity index (χ0) is 9.47. The molecule has 0 aromatic carbocycles. The first kappa shape index (κ1) is 9.26. The fourth-order valence-electron chi connectivity index (χ4n) is 2.46. The molecule has 0 saturated heterocycles. The lowest BCUT2D eigenvalue weighted by atomic mass is 9.91. The topological polar surface area (TPSA) is 3.24 Å². The van der Waals surface area contributed by atoms with Gasteiger partial charge in [-0.3, -0.25) is 4.90 Å². The van der Waals surface area contributed by atoms with Gasteiger partial charge in [0.05, 0.1) is 0 Å². The first-order valence-electron chi connectivity index (χ1n) is 5.49. The van der Waals surface area contributed by atoms with Crippen LogP contribution in [0, 0.1) is 5.41 Å². The molecule has 2 rings (SSSR count). The molecule has 0 spiro atoms. The van der Waals surface area contributed by atoms with E-state index in [-0.39, 0.29) is 0 Å². The smallest absolute Gasteiger partial charge is 0.00969 e. The largest absolute Gasteiger partial charge is 0.299 e. The van der Waals surface area contributed by atoms with E-state index in [4.69, 9.17) is 0 Å². The monoisotopic (exact) mass is 179 g/mol. The van der Waals surface area contributed by atoms with Gasteiger partial charge < -0.3 is 0 Å². The zero-order valence-electron chi connectivity index (χ0n) is 9.14. The van der Waals surface area contributed by atoms with Crippen molar-refractivity contribution in [3.8, 4) is 0 Å². The Morgan fingerprint density at radius 3 is 2.69 bits per heavy atom. The van der Waals surface area contributed by atoms with Crippen LogP contribution in [-0.4, -0.2) is 24.0 Å². The Labute approximate surface area is 81.8 Å². The highest BCUT2D eigenvalue weighted by Crippen LogP contribution is 2.33. The molecule has 1 heteroatoms. The van der Waals surface area contributed by atoms with Crippen molar-refractivity contribution in [3.05, 3.63) is 11.6 Å². The van der Waals surface area contributed by atoms with Crippen LogP contribution in [0.2, 0.25) is 0 Å². The molecular weight excluding hydrogens is 158 g/mol. The van der Waals surface area contributed by atoms with Gasteiger partial charge in [0.15, 0.2) is 0 Å². The molecule has 0 radical (unpaired) electrons. The molecule has 0 aromatic rings. The second kappa shape index (κ2) is 3.13. The van der Waals surface area contributed by atoms with Crippen LogP contribution in [0.4, 0.5) is 0 Å². The fourth-order valence-corrected chi connectivity index (χ4v) is 2.46. The van der Waals surface area contributed by atoms with Gasteiger partial charge in [-0.25, -0.2) is 0 Å². The Hall–Kier alpha value is -0.300. The minimum Gasteiger partial charge on any atom is -0.299 e. The predicted molar refractivity (Wildman–Crippen MR) is 56.8 cm³/mol. The van der Waals surface area contributed by atoms with Crippen molar-refractivity contribution in [1.29, 1.82) is 0 Å². The maximum absolute atomic E-state index is 2.69. The third-order valence-corrected chi connectivity index (χ3v) is 3.10. The van der Waals surface area contributed by atoms with Crippen LogP contribution < -0.4 is 0 Å². The minimum atomic E-state index is 0.392. The van der Waals surface area contributed by atoms with E-state index in [1.807, 2.05) is 0 Å². The highest BCUT2D eigenvalue weighted by atomic mass is 15.2. The molecule has 1 saturated carbocycles. The van der Waals surface area contributed by atoms with Gasteiger partial charge in [0.2, 0.25) is 0 Å². The van der Waals surface area contributed by atoms with Gasteiger partial charge in [-0.05, 0) is 31.6 Å². The zero-order valence-corrected chi connectivity index (χ0v) is 9.14. The van der Waals surface area contributed by atoms with Crippen LogP contribution in [0.1, 0.15) is 40.0 Å². The van der Waals surface area contributed by atoms with E-state index < -0.39 is 0 Å². The summed E-state index contributed by atoms with van der Waals surface area (Å²) in [4.78, 5) is 2.69. The average molecular weight is 179 g/mol. The number of rotatable bonds is 1. The molecule has 1 aliphatic heterocycles. The van der Waals surface area contributed by atoms with Gasteiger partial charge in [0, 0.05) is 19.1 Å². The van der Waals surface area contributed by atoms with Gasteiger partial charge in [-0.2, -0.15) is 0 Å². The summed E-state index contributed by atoms with van der Waals surface area (Å²) in [6.07, 6.45) is 6.62. The van der Waals surface area contributed by atoms with Crippen molar-refractivity contribution in [2.24, 2.45) is 5.41 Å². The van der Waals surface area contributed by atoms with Crippen molar-refractivity contribution in [2.45, 2.75) is 46.1 Å². The molecule has 1 fully saturated rings. The van der Waals surface area contributed by atoms with Crippen LogP contribution in [0.3, 0.4) is 0 Å². The molecule has 13 heavy (non-hydrogen) atoms. The highest BCUT2D eigenvalue weighted by Gasteiger charge is 2.33. The maximum Gasteiger partial charge on any atom is 0.00969 e. The molecule has 2 aliphatic rings. The summed E-state index contributed by atoms with van der Waals surface area (Å²) in [7, 11) is 0. The average Bonchev–Trinajstić information content (AvgIpc) is 2.76. The summed E-state index contributed by atoms with van der Waals surface area (Å²) >= 11 is 0. The van der Waals surface area contributed by atoms with Crippen molar-refractivity contribution < 1.29 is 0 Å². The molecule has 74 valence electrons. The van der Waals surface area contributed by atoms with E-state index in [1.165, 1.54) is 32.4 Å². The van der Waals surface area contributed by atoms with E-state index in [9.17, 15) is 0 Å². The number of hydrogen-bond donors (Lipinski definition) is 0. The van der Waals surface area contributed by atoms with Crippen molar-refractivity contribution in [2.75, 3.05) is 13.1 Å². The van der Waals surface area contributed by atoms with E-state index in [0.29, 0.717) is 5.41 Å². The molecular formula is C12H21N. The fraction of sp³-hybridized carbons (Fsp3) is 0.833. The van der Waals surface area contributed by atoms with E-state index >= 15 is 0 Å². The molecule has 0 unspecified atom stereocenters. The summed E-state index contributed by atoms with van der Waals surface area (Å²) in [5.41, 5.74) is 1.97. The number of nitrogens with zero attached hydrogens (tertiary/aromatic N) is 1. The van der Waals surface area contributed by atoms with Crippen LogP contribution in [0.25, 0.3) is 0 Å². The Balaban J connectivity index is 2.06. The number of hydrogen-bond acceptors (Lipinski definition) is 1. The summed E-state index contributed by atoms with van der Waals surface area (Å²) in [5, 5.41) is 0. The second-order valence-electron chi connectivity index (χ2n) is 5.43.